The normalized spacial score (nSPS) is 11.5. The Hall–Kier alpha value is -1.39. The lowest BCUT2D eigenvalue weighted by Crippen LogP contribution is -2.23. The first-order valence-electron chi connectivity index (χ1n) is 5.93. The summed E-state index contributed by atoms with van der Waals surface area (Å²) in [4.78, 5) is 15.5. The minimum atomic E-state index is 0.0386. The maximum Gasteiger partial charge on any atom is 0.223 e. The predicted octanol–water partition coefficient (Wildman–Crippen LogP) is 2.21. The van der Waals surface area contributed by atoms with E-state index in [0.717, 1.165) is 12.8 Å². The summed E-state index contributed by atoms with van der Waals surface area (Å²) in [6, 6.07) is 0. The Labute approximate surface area is 102 Å². The quantitative estimate of drug-likeness (QED) is 0.855. The molecule has 0 radical (unpaired) electrons. The molecule has 1 aromatic rings. The molecule has 0 atom stereocenters. The zero-order valence-electron chi connectivity index (χ0n) is 11.0. The lowest BCUT2D eigenvalue weighted by atomic mass is 9.90. The van der Waals surface area contributed by atoms with Gasteiger partial charge in [-0.2, -0.15) is 4.98 Å². The third-order valence-corrected chi connectivity index (χ3v) is 2.34. The molecule has 0 saturated heterocycles. The van der Waals surface area contributed by atoms with E-state index < -0.39 is 0 Å². The highest BCUT2D eigenvalue weighted by Gasteiger charge is 2.11. The molecule has 0 aliphatic heterocycles. The summed E-state index contributed by atoms with van der Waals surface area (Å²) in [7, 11) is 0. The van der Waals surface area contributed by atoms with Crippen LogP contribution in [-0.2, 0) is 11.3 Å². The molecule has 5 nitrogen and oxygen atoms in total. The first-order chi connectivity index (χ1) is 7.87. The molecule has 1 amide bonds. The molecule has 0 aliphatic carbocycles. The van der Waals surface area contributed by atoms with Crippen molar-refractivity contribution in [3.63, 3.8) is 0 Å². The van der Waals surface area contributed by atoms with Gasteiger partial charge in [0, 0.05) is 13.3 Å². The first kappa shape index (κ1) is 13.7. The number of carbonyl (C=O) groups is 1. The van der Waals surface area contributed by atoms with Crippen molar-refractivity contribution in [3.05, 3.63) is 11.7 Å². The van der Waals surface area contributed by atoms with Crippen LogP contribution in [0.4, 0.5) is 0 Å². The number of carbonyl (C=O) groups excluding carboxylic acids is 1. The molecule has 1 N–H and O–H groups in total. The highest BCUT2D eigenvalue weighted by atomic mass is 16.5. The monoisotopic (exact) mass is 239 g/mol. The van der Waals surface area contributed by atoms with E-state index in [9.17, 15) is 4.79 Å². The van der Waals surface area contributed by atoms with Crippen LogP contribution in [0.5, 0.6) is 0 Å². The van der Waals surface area contributed by atoms with Gasteiger partial charge in [-0.3, -0.25) is 4.79 Å². The van der Waals surface area contributed by atoms with Gasteiger partial charge in [0.2, 0.25) is 11.8 Å². The number of aryl methyl sites for hydroxylation is 1. The number of hydrogen-bond donors (Lipinski definition) is 1. The van der Waals surface area contributed by atoms with E-state index in [1.165, 1.54) is 0 Å². The van der Waals surface area contributed by atoms with Crippen LogP contribution in [0.2, 0.25) is 0 Å². The number of hydrogen-bond acceptors (Lipinski definition) is 4. The summed E-state index contributed by atoms with van der Waals surface area (Å²) in [5, 5.41) is 6.48. The topological polar surface area (TPSA) is 68.0 Å². The number of amides is 1. The minimum absolute atomic E-state index is 0.0386. The van der Waals surface area contributed by atoms with E-state index in [0.29, 0.717) is 24.7 Å². The zero-order valence-corrected chi connectivity index (χ0v) is 11.0. The Bertz CT molecular complexity index is 366. The van der Waals surface area contributed by atoms with Crippen molar-refractivity contribution in [2.45, 2.75) is 53.5 Å². The lowest BCUT2D eigenvalue weighted by molar-refractivity contribution is -0.121. The zero-order chi connectivity index (χ0) is 12.9. The van der Waals surface area contributed by atoms with Crippen molar-refractivity contribution in [1.29, 1.82) is 0 Å². The molecule has 0 spiro atoms. The van der Waals surface area contributed by atoms with Crippen LogP contribution in [0.25, 0.3) is 0 Å². The summed E-state index contributed by atoms with van der Waals surface area (Å²) >= 11 is 0. The Morgan fingerprint density at radius 2 is 2.12 bits per heavy atom. The van der Waals surface area contributed by atoms with Gasteiger partial charge in [-0.05, 0) is 18.3 Å². The highest BCUT2D eigenvalue weighted by Crippen LogP contribution is 2.21. The molecule has 5 heteroatoms. The molecule has 0 saturated carbocycles. The van der Waals surface area contributed by atoms with Crippen molar-refractivity contribution in [2.75, 3.05) is 0 Å². The number of aromatic nitrogens is 2. The van der Waals surface area contributed by atoms with Crippen molar-refractivity contribution in [1.82, 2.24) is 15.5 Å². The van der Waals surface area contributed by atoms with E-state index in [4.69, 9.17) is 4.52 Å². The second-order valence-electron chi connectivity index (χ2n) is 5.42. The molecule has 1 aromatic heterocycles. The van der Waals surface area contributed by atoms with Crippen LogP contribution in [0.15, 0.2) is 4.52 Å². The molecule has 96 valence electrons. The van der Waals surface area contributed by atoms with Crippen LogP contribution in [-0.4, -0.2) is 16.0 Å². The van der Waals surface area contributed by atoms with Crippen LogP contribution < -0.4 is 5.32 Å². The summed E-state index contributed by atoms with van der Waals surface area (Å²) in [5.41, 5.74) is 0.283. The summed E-state index contributed by atoms with van der Waals surface area (Å²) in [6.45, 7) is 8.58. The summed E-state index contributed by atoms with van der Waals surface area (Å²) < 4.78 is 4.81. The largest absolute Gasteiger partial charge is 0.349 e. The fraction of sp³-hybridized carbons (Fsp3) is 0.750. The molecule has 1 heterocycles. The van der Waals surface area contributed by atoms with Crippen molar-refractivity contribution >= 4 is 5.91 Å². The average molecular weight is 239 g/mol. The number of nitrogens with zero attached hydrogens (tertiary/aromatic N) is 2. The molecule has 0 bridgehead atoms. The number of rotatable bonds is 5. The summed E-state index contributed by atoms with van der Waals surface area (Å²) in [5.74, 6) is 1.07. The van der Waals surface area contributed by atoms with Gasteiger partial charge in [0.15, 0.2) is 5.82 Å². The van der Waals surface area contributed by atoms with Gasteiger partial charge in [0.05, 0.1) is 6.54 Å². The highest BCUT2D eigenvalue weighted by molar-refractivity contribution is 5.75. The van der Waals surface area contributed by atoms with Gasteiger partial charge in [-0.15, -0.1) is 0 Å². The molecule has 17 heavy (non-hydrogen) atoms. The van der Waals surface area contributed by atoms with Crippen molar-refractivity contribution in [2.24, 2.45) is 5.41 Å². The van der Waals surface area contributed by atoms with E-state index in [1.54, 1.807) is 6.92 Å². The van der Waals surface area contributed by atoms with Crippen LogP contribution in [0.1, 0.15) is 51.7 Å². The molecule has 0 aromatic carbocycles. The van der Waals surface area contributed by atoms with E-state index in [1.807, 2.05) is 0 Å². The molecule has 0 aliphatic rings. The van der Waals surface area contributed by atoms with Crippen LogP contribution in [0.3, 0.4) is 0 Å². The Kier molecular flexibility index (Phi) is 4.66. The molecule has 1 rings (SSSR count). The predicted molar refractivity (Wildman–Crippen MR) is 64.2 cm³/mol. The Balaban J connectivity index is 2.18. The van der Waals surface area contributed by atoms with Gasteiger partial charge < -0.3 is 9.84 Å². The van der Waals surface area contributed by atoms with E-state index in [-0.39, 0.29) is 11.3 Å². The van der Waals surface area contributed by atoms with Crippen molar-refractivity contribution < 1.29 is 9.32 Å². The fourth-order valence-electron chi connectivity index (χ4n) is 1.46. The minimum Gasteiger partial charge on any atom is -0.349 e. The third kappa shape index (κ3) is 6.04. The van der Waals surface area contributed by atoms with Gasteiger partial charge in [0.1, 0.15) is 0 Å². The van der Waals surface area contributed by atoms with E-state index in [2.05, 4.69) is 36.2 Å². The Morgan fingerprint density at radius 3 is 2.65 bits per heavy atom. The molecule has 0 fully saturated rings. The average Bonchev–Trinajstić information content (AvgIpc) is 2.59. The van der Waals surface area contributed by atoms with Crippen molar-refractivity contribution in [3.8, 4) is 0 Å². The standard InChI is InChI=1S/C12H21N3O2/c1-9-14-10(15-17-9)8-13-11(16)6-5-7-12(2,3)4/h5-8H2,1-4H3,(H,13,16). The van der Waals surface area contributed by atoms with Gasteiger partial charge in [0.25, 0.3) is 0 Å². The molecular weight excluding hydrogens is 218 g/mol. The Morgan fingerprint density at radius 1 is 1.41 bits per heavy atom. The lowest BCUT2D eigenvalue weighted by Gasteiger charge is -2.17. The van der Waals surface area contributed by atoms with Gasteiger partial charge in [-0.25, -0.2) is 0 Å². The smallest absolute Gasteiger partial charge is 0.223 e. The maximum absolute atomic E-state index is 11.5. The van der Waals surface area contributed by atoms with Crippen LogP contribution >= 0.6 is 0 Å². The third-order valence-electron chi connectivity index (χ3n) is 2.34. The maximum atomic E-state index is 11.5. The molecular formula is C12H21N3O2. The second-order valence-corrected chi connectivity index (χ2v) is 5.42. The summed E-state index contributed by atoms with van der Waals surface area (Å²) in [6.07, 6.45) is 2.50. The van der Waals surface area contributed by atoms with Gasteiger partial charge >= 0.3 is 0 Å². The van der Waals surface area contributed by atoms with E-state index >= 15 is 0 Å². The van der Waals surface area contributed by atoms with Gasteiger partial charge in [-0.1, -0.05) is 25.9 Å². The molecule has 0 unspecified atom stereocenters. The first-order valence-corrected chi connectivity index (χ1v) is 5.93. The SMILES string of the molecule is Cc1nc(CNC(=O)CCCC(C)(C)C)no1. The number of nitrogens with one attached hydrogen (secondary N) is 1. The fourth-order valence-corrected chi connectivity index (χ4v) is 1.46. The second kappa shape index (κ2) is 5.80. The van der Waals surface area contributed by atoms with Crippen LogP contribution in [0, 0.1) is 12.3 Å².